The van der Waals surface area contributed by atoms with Crippen LogP contribution >= 0.6 is 11.3 Å². The lowest BCUT2D eigenvalue weighted by Crippen LogP contribution is -2.14. The molecule has 1 N–H and O–H groups in total. The highest BCUT2D eigenvalue weighted by atomic mass is 32.1. The number of benzene rings is 1. The average molecular weight is 246 g/mol. The van der Waals surface area contributed by atoms with E-state index in [1.54, 1.807) is 0 Å². The van der Waals surface area contributed by atoms with Gasteiger partial charge in [-0.15, -0.1) is 11.3 Å². The van der Waals surface area contributed by atoms with E-state index in [2.05, 4.69) is 10.3 Å². The van der Waals surface area contributed by atoms with Crippen molar-refractivity contribution in [2.75, 3.05) is 5.32 Å². The number of carbonyl (C=O) groups excluding carboxylic acids is 1. The van der Waals surface area contributed by atoms with Crippen molar-refractivity contribution in [3.63, 3.8) is 0 Å². The Morgan fingerprint density at radius 2 is 2.12 bits per heavy atom. The molecule has 1 heterocycles. The monoisotopic (exact) mass is 246 g/mol. The second kappa shape index (κ2) is 5.10. The van der Waals surface area contributed by atoms with Crippen LogP contribution in [0.1, 0.15) is 16.8 Å². The number of carbonyl (C=O) groups is 1. The highest BCUT2D eigenvalue weighted by Gasteiger charge is 2.07. The van der Waals surface area contributed by atoms with Gasteiger partial charge in [0.2, 0.25) is 5.91 Å². The third-order valence-electron chi connectivity index (χ3n) is 2.48. The lowest BCUT2D eigenvalue weighted by molar-refractivity contribution is -0.115. The first-order valence-corrected chi connectivity index (χ1v) is 6.29. The predicted octanol–water partition coefficient (Wildman–Crippen LogP) is 2.94. The van der Waals surface area contributed by atoms with Gasteiger partial charge in [0.1, 0.15) is 0 Å². The van der Waals surface area contributed by atoms with Crippen LogP contribution in [0.4, 0.5) is 5.13 Å². The van der Waals surface area contributed by atoms with E-state index in [9.17, 15) is 4.79 Å². The van der Waals surface area contributed by atoms with Gasteiger partial charge in [0.25, 0.3) is 0 Å². The van der Waals surface area contributed by atoms with Crippen molar-refractivity contribution in [2.45, 2.75) is 20.3 Å². The van der Waals surface area contributed by atoms with Crippen LogP contribution in [0, 0.1) is 13.8 Å². The number of rotatable bonds is 3. The van der Waals surface area contributed by atoms with Crippen molar-refractivity contribution in [2.24, 2.45) is 0 Å². The number of aryl methyl sites for hydroxylation is 2. The molecule has 0 radical (unpaired) electrons. The lowest BCUT2D eigenvalue weighted by atomic mass is 10.1. The van der Waals surface area contributed by atoms with Gasteiger partial charge in [-0.1, -0.05) is 24.3 Å². The molecule has 0 unspecified atom stereocenters. The van der Waals surface area contributed by atoms with Gasteiger partial charge in [0, 0.05) is 5.38 Å². The molecule has 1 aromatic heterocycles. The van der Waals surface area contributed by atoms with Crippen LogP contribution in [0.2, 0.25) is 0 Å². The smallest absolute Gasteiger partial charge is 0.230 e. The fourth-order valence-corrected chi connectivity index (χ4v) is 2.26. The summed E-state index contributed by atoms with van der Waals surface area (Å²) in [5, 5.41) is 5.39. The molecule has 0 aliphatic carbocycles. The van der Waals surface area contributed by atoms with E-state index < -0.39 is 0 Å². The molecule has 2 rings (SSSR count). The van der Waals surface area contributed by atoms with Crippen LogP contribution in [-0.4, -0.2) is 10.9 Å². The zero-order valence-corrected chi connectivity index (χ0v) is 10.7. The van der Waals surface area contributed by atoms with Gasteiger partial charge in [0.05, 0.1) is 12.1 Å². The van der Waals surface area contributed by atoms with Crippen LogP contribution in [0.3, 0.4) is 0 Å². The van der Waals surface area contributed by atoms with E-state index >= 15 is 0 Å². The fourth-order valence-electron chi connectivity index (χ4n) is 1.56. The number of nitrogens with zero attached hydrogens (tertiary/aromatic N) is 1. The minimum absolute atomic E-state index is 0.0198. The molecule has 0 fully saturated rings. The molecule has 17 heavy (non-hydrogen) atoms. The molecule has 0 bridgehead atoms. The predicted molar refractivity (Wildman–Crippen MR) is 70.4 cm³/mol. The van der Waals surface area contributed by atoms with E-state index in [0.717, 1.165) is 16.8 Å². The Labute approximate surface area is 105 Å². The van der Waals surface area contributed by atoms with Crippen molar-refractivity contribution in [3.05, 3.63) is 46.5 Å². The van der Waals surface area contributed by atoms with Crippen LogP contribution in [0.25, 0.3) is 0 Å². The summed E-state index contributed by atoms with van der Waals surface area (Å²) in [7, 11) is 0. The molecule has 0 atom stereocenters. The molecule has 3 nitrogen and oxygen atoms in total. The molecule has 0 aliphatic heterocycles. The summed E-state index contributed by atoms with van der Waals surface area (Å²) in [6, 6.07) is 7.91. The number of hydrogen-bond acceptors (Lipinski definition) is 3. The second-order valence-electron chi connectivity index (χ2n) is 3.95. The molecular formula is C13H14N2OS. The molecule has 88 valence electrons. The maximum Gasteiger partial charge on any atom is 0.230 e. The summed E-state index contributed by atoms with van der Waals surface area (Å²) in [6.07, 6.45) is 0.394. The van der Waals surface area contributed by atoms with Crippen molar-refractivity contribution >= 4 is 22.4 Å². The first-order valence-electron chi connectivity index (χ1n) is 5.41. The van der Waals surface area contributed by atoms with Gasteiger partial charge in [-0.25, -0.2) is 4.98 Å². The Hall–Kier alpha value is -1.68. The quantitative estimate of drug-likeness (QED) is 0.904. The Morgan fingerprint density at radius 1 is 1.35 bits per heavy atom. The lowest BCUT2D eigenvalue weighted by Gasteiger charge is -2.04. The van der Waals surface area contributed by atoms with Crippen molar-refractivity contribution in [1.29, 1.82) is 0 Å². The molecule has 0 saturated carbocycles. The normalized spacial score (nSPS) is 10.2. The third kappa shape index (κ3) is 3.14. The van der Waals surface area contributed by atoms with E-state index in [1.165, 1.54) is 11.3 Å². The van der Waals surface area contributed by atoms with Crippen LogP contribution in [0.15, 0.2) is 29.6 Å². The Morgan fingerprint density at radius 3 is 2.76 bits per heavy atom. The first kappa shape index (κ1) is 11.8. The maximum absolute atomic E-state index is 11.8. The summed E-state index contributed by atoms with van der Waals surface area (Å²) in [5.74, 6) is -0.0198. The summed E-state index contributed by atoms with van der Waals surface area (Å²) in [4.78, 5) is 16.0. The molecule has 0 saturated heterocycles. The molecular weight excluding hydrogens is 232 g/mol. The Balaban J connectivity index is 2.01. The molecule has 4 heteroatoms. The van der Waals surface area contributed by atoms with Crippen molar-refractivity contribution < 1.29 is 4.79 Å². The number of thiazole rings is 1. The number of hydrogen-bond donors (Lipinski definition) is 1. The standard InChI is InChI=1S/C13H14N2OS/c1-9-5-3-4-6-11(9)7-12(16)15-13-14-10(2)8-17-13/h3-6,8H,7H2,1-2H3,(H,14,15,16). The zero-order chi connectivity index (χ0) is 12.3. The molecule has 1 aromatic carbocycles. The number of nitrogens with one attached hydrogen (secondary N) is 1. The number of anilines is 1. The van der Waals surface area contributed by atoms with Crippen LogP contribution < -0.4 is 5.32 Å². The molecule has 2 aromatic rings. The van der Waals surface area contributed by atoms with Gasteiger partial charge >= 0.3 is 0 Å². The van der Waals surface area contributed by atoms with E-state index in [1.807, 2.05) is 43.5 Å². The highest BCUT2D eigenvalue weighted by Crippen LogP contribution is 2.15. The van der Waals surface area contributed by atoms with E-state index in [0.29, 0.717) is 11.6 Å². The van der Waals surface area contributed by atoms with Gasteiger partial charge in [-0.2, -0.15) is 0 Å². The summed E-state index contributed by atoms with van der Waals surface area (Å²) >= 11 is 1.45. The van der Waals surface area contributed by atoms with Crippen LogP contribution in [-0.2, 0) is 11.2 Å². The van der Waals surface area contributed by atoms with Gasteiger partial charge in [-0.3, -0.25) is 4.79 Å². The average Bonchev–Trinajstić information content (AvgIpc) is 2.67. The number of amides is 1. The molecule has 1 amide bonds. The molecule has 0 aliphatic rings. The molecule has 0 spiro atoms. The van der Waals surface area contributed by atoms with Crippen LogP contribution in [0.5, 0.6) is 0 Å². The Bertz CT molecular complexity index is 534. The van der Waals surface area contributed by atoms with Gasteiger partial charge in [0.15, 0.2) is 5.13 Å². The van der Waals surface area contributed by atoms with E-state index in [4.69, 9.17) is 0 Å². The highest BCUT2D eigenvalue weighted by molar-refractivity contribution is 7.13. The van der Waals surface area contributed by atoms with E-state index in [-0.39, 0.29) is 5.91 Å². The number of aromatic nitrogens is 1. The maximum atomic E-state index is 11.8. The summed E-state index contributed by atoms with van der Waals surface area (Å²) < 4.78 is 0. The van der Waals surface area contributed by atoms with Crippen molar-refractivity contribution in [3.8, 4) is 0 Å². The van der Waals surface area contributed by atoms with Crippen molar-refractivity contribution in [1.82, 2.24) is 4.98 Å². The Kier molecular flexibility index (Phi) is 3.54. The topological polar surface area (TPSA) is 42.0 Å². The third-order valence-corrected chi connectivity index (χ3v) is 3.35. The zero-order valence-electron chi connectivity index (χ0n) is 9.86. The largest absolute Gasteiger partial charge is 0.302 e. The van der Waals surface area contributed by atoms with Gasteiger partial charge < -0.3 is 5.32 Å². The summed E-state index contributed by atoms with van der Waals surface area (Å²) in [5.41, 5.74) is 3.12. The van der Waals surface area contributed by atoms with Gasteiger partial charge in [-0.05, 0) is 25.0 Å². The minimum atomic E-state index is -0.0198. The first-order chi connectivity index (χ1) is 8.15. The summed E-state index contributed by atoms with van der Waals surface area (Å²) in [6.45, 7) is 3.92. The second-order valence-corrected chi connectivity index (χ2v) is 4.80. The SMILES string of the molecule is Cc1csc(NC(=O)Cc2ccccc2C)n1. The minimum Gasteiger partial charge on any atom is -0.302 e. The fraction of sp³-hybridized carbons (Fsp3) is 0.231.